The summed E-state index contributed by atoms with van der Waals surface area (Å²) in [4.78, 5) is 8.95. The molecule has 4 nitrogen and oxygen atoms in total. The van der Waals surface area contributed by atoms with Gasteiger partial charge in [-0.3, -0.25) is 10.1 Å². The number of aromatic amines is 2. The van der Waals surface area contributed by atoms with Gasteiger partial charge in [0.05, 0.1) is 11.2 Å². The van der Waals surface area contributed by atoms with Crippen molar-refractivity contribution in [1.29, 1.82) is 0 Å². The minimum Gasteiger partial charge on any atom is -0.353 e. The average molecular weight is 392 g/mol. The van der Waals surface area contributed by atoms with E-state index in [0.29, 0.717) is 0 Å². The monoisotopic (exact) mass is 392 g/mol. The highest BCUT2D eigenvalue weighted by molar-refractivity contribution is 7.13. The molecule has 0 atom stereocenters. The topological polar surface area (TPSA) is 57.4 Å². The number of H-pyrrole nitrogens is 2. The average Bonchev–Trinajstić information content (AvgIpc) is 3.52. The first-order valence-corrected chi connectivity index (χ1v) is 10.3. The van der Waals surface area contributed by atoms with Crippen molar-refractivity contribution in [3.8, 4) is 33.0 Å². The Balaban J connectivity index is 1.53. The number of aromatic nitrogens is 4. The molecule has 4 heterocycles. The third kappa shape index (κ3) is 2.67. The summed E-state index contributed by atoms with van der Waals surface area (Å²) in [6, 6.07) is 23.3. The Bertz CT molecular complexity index is 1440. The maximum Gasteiger partial charge on any atom is 0.116 e. The van der Waals surface area contributed by atoms with E-state index in [1.54, 1.807) is 11.3 Å². The van der Waals surface area contributed by atoms with Crippen molar-refractivity contribution in [3.05, 3.63) is 84.5 Å². The summed E-state index contributed by atoms with van der Waals surface area (Å²) in [6.07, 6.45) is 3.64. The van der Waals surface area contributed by atoms with Gasteiger partial charge in [-0.25, -0.2) is 0 Å². The number of fused-ring (bicyclic) bond motifs is 2. The summed E-state index contributed by atoms with van der Waals surface area (Å²) in [6.45, 7) is 0. The molecule has 5 heteroatoms. The van der Waals surface area contributed by atoms with Crippen molar-refractivity contribution < 1.29 is 0 Å². The van der Waals surface area contributed by atoms with Crippen molar-refractivity contribution in [1.82, 2.24) is 20.2 Å². The zero-order valence-corrected chi connectivity index (χ0v) is 16.2. The van der Waals surface area contributed by atoms with Gasteiger partial charge in [0.1, 0.15) is 5.69 Å². The Morgan fingerprint density at radius 1 is 0.759 bits per heavy atom. The van der Waals surface area contributed by atoms with Gasteiger partial charge in [0, 0.05) is 39.1 Å². The van der Waals surface area contributed by atoms with Crippen LogP contribution in [0, 0.1) is 0 Å². The van der Waals surface area contributed by atoms with Crippen LogP contribution in [-0.4, -0.2) is 20.2 Å². The van der Waals surface area contributed by atoms with E-state index in [2.05, 4.69) is 80.1 Å². The Morgan fingerprint density at radius 2 is 1.69 bits per heavy atom. The van der Waals surface area contributed by atoms with Crippen molar-refractivity contribution in [2.24, 2.45) is 0 Å². The lowest BCUT2D eigenvalue weighted by atomic mass is 10.0. The highest BCUT2D eigenvalue weighted by Crippen LogP contribution is 2.36. The molecule has 6 rings (SSSR count). The van der Waals surface area contributed by atoms with Gasteiger partial charge in [-0.05, 0) is 59.0 Å². The van der Waals surface area contributed by atoms with Crippen LogP contribution in [0.4, 0.5) is 0 Å². The van der Waals surface area contributed by atoms with Crippen molar-refractivity contribution in [3.63, 3.8) is 0 Å². The predicted octanol–water partition coefficient (Wildman–Crippen LogP) is 6.50. The molecule has 29 heavy (non-hydrogen) atoms. The van der Waals surface area contributed by atoms with Crippen molar-refractivity contribution in [2.75, 3.05) is 0 Å². The van der Waals surface area contributed by atoms with E-state index in [1.165, 1.54) is 15.8 Å². The van der Waals surface area contributed by atoms with Crippen LogP contribution in [0.3, 0.4) is 0 Å². The van der Waals surface area contributed by atoms with E-state index in [4.69, 9.17) is 0 Å². The fourth-order valence-corrected chi connectivity index (χ4v) is 4.64. The first-order chi connectivity index (χ1) is 14.4. The summed E-state index contributed by atoms with van der Waals surface area (Å²) >= 11 is 1.76. The predicted molar refractivity (Wildman–Crippen MR) is 120 cm³/mol. The minimum atomic E-state index is 0.934. The summed E-state index contributed by atoms with van der Waals surface area (Å²) in [5.74, 6) is 0. The lowest BCUT2D eigenvalue weighted by molar-refractivity contribution is 1.12. The Morgan fingerprint density at radius 3 is 2.55 bits per heavy atom. The van der Waals surface area contributed by atoms with Crippen LogP contribution in [0.2, 0.25) is 0 Å². The third-order valence-corrected chi connectivity index (χ3v) is 6.19. The van der Waals surface area contributed by atoms with Gasteiger partial charge in [-0.2, -0.15) is 5.10 Å². The molecule has 138 valence electrons. The van der Waals surface area contributed by atoms with E-state index in [9.17, 15) is 0 Å². The third-order valence-electron chi connectivity index (χ3n) is 5.28. The summed E-state index contributed by atoms with van der Waals surface area (Å²) in [7, 11) is 0. The molecule has 0 unspecified atom stereocenters. The number of nitrogens with zero attached hydrogens (tertiary/aromatic N) is 2. The standard InChI is InChI=1S/C24H16N4S/c1-3-17(23-5-2-12-29-23)18-14-22(26-20(18)4-1)24-19-13-16(6-7-21(19)27-28-24)15-8-10-25-11-9-15/h1-14,26H,(H,27,28). The van der Waals surface area contributed by atoms with Crippen molar-refractivity contribution in [2.45, 2.75) is 0 Å². The number of pyridine rings is 1. The molecule has 0 aliphatic rings. The molecule has 0 bridgehead atoms. The lowest BCUT2D eigenvalue weighted by Gasteiger charge is -2.02. The number of nitrogens with one attached hydrogen (secondary N) is 2. The first kappa shape index (κ1) is 16.3. The number of benzene rings is 2. The lowest BCUT2D eigenvalue weighted by Crippen LogP contribution is -1.80. The molecule has 2 N–H and O–H groups in total. The van der Waals surface area contributed by atoms with Gasteiger partial charge >= 0.3 is 0 Å². The van der Waals surface area contributed by atoms with Crippen LogP contribution in [0.25, 0.3) is 54.8 Å². The molecule has 0 radical (unpaired) electrons. The largest absolute Gasteiger partial charge is 0.353 e. The van der Waals surface area contributed by atoms with E-state index >= 15 is 0 Å². The van der Waals surface area contributed by atoms with Gasteiger partial charge in [0.25, 0.3) is 0 Å². The second-order valence-electron chi connectivity index (χ2n) is 7.00. The summed E-state index contributed by atoms with van der Waals surface area (Å²) < 4.78 is 0. The smallest absolute Gasteiger partial charge is 0.116 e. The fraction of sp³-hybridized carbons (Fsp3) is 0. The summed E-state index contributed by atoms with van der Waals surface area (Å²) in [5.41, 5.74) is 7.63. The van der Waals surface area contributed by atoms with Gasteiger partial charge in [0.2, 0.25) is 0 Å². The summed E-state index contributed by atoms with van der Waals surface area (Å²) in [5, 5.41) is 12.2. The molecule has 0 aliphatic heterocycles. The molecule has 0 spiro atoms. The second-order valence-corrected chi connectivity index (χ2v) is 7.94. The molecular weight excluding hydrogens is 376 g/mol. The molecule has 4 aromatic heterocycles. The highest BCUT2D eigenvalue weighted by Gasteiger charge is 2.14. The molecule has 0 saturated heterocycles. The minimum absolute atomic E-state index is 0.934. The van der Waals surface area contributed by atoms with Gasteiger partial charge < -0.3 is 4.98 Å². The van der Waals surface area contributed by atoms with E-state index in [-0.39, 0.29) is 0 Å². The van der Waals surface area contributed by atoms with Crippen LogP contribution in [0.5, 0.6) is 0 Å². The SMILES string of the molecule is c1csc(-c2cccc3[nH]c(-c4n[nH]c5ccc(-c6ccncc6)cc45)cc23)c1. The van der Waals surface area contributed by atoms with Gasteiger partial charge in [0.15, 0.2) is 0 Å². The molecule has 2 aromatic carbocycles. The quantitative estimate of drug-likeness (QED) is 0.361. The zero-order chi connectivity index (χ0) is 19.2. The van der Waals surface area contributed by atoms with Crippen LogP contribution in [0.1, 0.15) is 0 Å². The van der Waals surface area contributed by atoms with E-state index < -0.39 is 0 Å². The van der Waals surface area contributed by atoms with E-state index in [0.717, 1.165) is 38.9 Å². The van der Waals surface area contributed by atoms with Crippen LogP contribution in [0.15, 0.2) is 84.5 Å². The molecule has 0 fully saturated rings. The number of hydrogen-bond donors (Lipinski definition) is 2. The Kier molecular flexibility index (Phi) is 3.61. The fourth-order valence-electron chi connectivity index (χ4n) is 3.87. The molecule has 0 aliphatic carbocycles. The molecular formula is C24H16N4S. The Labute approximate surface area is 170 Å². The van der Waals surface area contributed by atoms with Crippen LogP contribution in [-0.2, 0) is 0 Å². The first-order valence-electron chi connectivity index (χ1n) is 9.41. The second kappa shape index (κ2) is 6.43. The maximum atomic E-state index is 4.62. The maximum absolute atomic E-state index is 4.62. The zero-order valence-electron chi connectivity index (χ0n) is 15.4. The molecule has 0 amide bonds. The highest BCUT2D eigenvalue weighted by atomic mass is 32.1. The number of thiophene rings is 1. The van der Waals surface area contributed by atoms with Gasteiger partial charge in [-0.1, -0.05) is 24.3 Å². The van der Waals surface area contributed by atoms with Crippen molar-refractivity contribution >= 4 is 33.1 Å². The molecule has 6 aromatic rings. The van der Waals surface area contributed by atoms with Gasteiger partial charge in [-0.15, -0.1) is 11.3 Å². The van der Waals surface area contributed by atoms with Crippen LogP contribution < -0.4 is 0 Å². The normalized spacial score (nSPS) is 11.4. The van der Waals surface area contributed by atoms with Crippen LogP contribution >= 0.6 is 11.3 Å². The Hall–Kier alpha value is -3.70. The van der Waals surface area contributed by atoms with E-state index in [1.807, 2.05) is 24.5 Å². The number of hydrogen-bond acceptors (Lipinski definition) is 3. The molecule has 0 saturated carbocycles. The number of rotatable bonds is 3.